The summed E-state index contributed by atoms with van der Waals surface area (Å²) in [5, 5.41) is 0. The smallest absolute Gasteiger partial charge is 0.188 e. The van der Waals surface area contributed by atoms with Crippen molar-refractivity contribution in [3.63, 3.8) is 0 Å². The van der Waals surface area contributed by atoms with E-state index in [0.29, 0.717) is 22.6 Å². The predicted molar refractivity (Wildman–Crippen MR) is 66.9 cm³/mol. The first-order valence-electron chi connectivity index (χ1n) is 5.26. The minimum atomic E-state index is 0.0578. The van der Waals surface area contributed by atoms with Crippen LogP contribution in [-0.2, 0) is 9.47 Å². The second-order valence-electron chi connectivity index (χ2n) is 3.36. The maximum Gasteiger partial charge on any atom is 0.188 e. The normalized spacial score (nSPS) is 9.89. The van der Waals surface area contributed by atoms with Crippen molar-refractivity contribution in [2.45, 2.75) is 0 Å². The molecule has 0 N–H and O–H groups in total. The summed E-state index contributed by atoms with van der Waals surface area (Å²) in [5.41, 5.74) is 1.13. The van der Waals surface area contributed by atoms with Crippen molar-refractivity contribution in [3.8, 4) is 11.5 Å². The van der Waals surface area contributed by atoms with Crippen LogP contribution in [0.1, 0.15) is 15.9 Å². The molecule has 5 heteroatoms. The molecule has 0 aliphatic carbocycles. The summed E-state index contributed by atoms with van der Waals surface area (Å²) >= 11 is 0. The summed E-state index contributed by atoms with van der Waals surface area (Å²) < 4.78 is 20.5. The molecule has 1 aromatic carbocycles. The van der Waals surface area contributed by atoms with E-state index in [4.69, 9.17) is 18.9 Å². The van der Waals surface area contributed by atoms with Gasteiger partial charge >= 0.3 is 0 Å². The third-order valence-electron chi connectivity index (χ3n) is 2.12. The van der Waals surface area contributed by atoms with Gasteiger partial charge in [0, 0.05) is 25.3 Å². The van der Waals surface area contributed by atoms with E-state index in [0.717, 1.165) is 6.29 Å². The van der Waals surface area contributed by atoms with E-state index in [9.17, 15) is 4.79 Å². The zero-order valence-corrected chi connectivity index (χ0v) is 10.5. The zero-order chi connectivity index (χ0) is 13.4. The Morgan fingerprint density at radius 2 is 1.83 bits per heavy atom. The fraction of sp³-hybridized carbons (Fsp3) is 0.308. The highest BCUT2D eigenvalue weighted by Crippen LogP contribution is 2.33. The van der Waals surface area contributed by atoms with E-state index in [-0.39, 0.29) is 13.6 Å². The van der Waals surface area contributed by atoms with E-state index in [1.165, 1.54) is 14.2 Å². The quantitative estimate of drug-likeness (QED) is 0.524. The average Bonchev–Trinajstić information content (AvgIpc) is 2.42. The van der Waals surface area contributed by atoms with Crippen LogP contribution in [0.15, 0.2) is 18.7 Å². The van der Waals surface area contributed by atoms with Crippen LogP contribution in [0, 0.1) is 0 Å². The first-order chi connectivity index (χ1) is 8.76. The topological polar surface area (TPSA) is 54.0 Å². The molecule has 0 aromatic heterocycles. The molecule has 0 aliphatic rings. The maximum absolute atomic E-state index is 10.8. The molecule has 1 aromatic rings. The van der Waals surface area contributed by atoms with Gasteiger partial charge < -0.3 is 18.9 Å². The summed E-state index contributed by atoms with van der Waals surface area (Å²) in [4.78, 5) is 10.8. The van der Waals surface area contributed by atoms with Gasteiger partial charge in [0.25, 0.3) is 0 Å². The Morgan fingerprint density at radius 3 is 2.39 bits per heavy atom. The Labute approximate surface area is 106 Å². The molecule has 0 saturated carbocycles. The molecule has 0 heterocycles. The van der Waals surface area contributed by atoms with E-state index >= 15 is 0 Å². The molecule has 0 saturated heterocycles. The number of hydrogen-bond donors (Lipinski definition) is 0. The average molecular weight is 252 g/mol. The summed E-state index contributed by atoms with van der Waals surface area (Å²) in [6.45, 7) is 3.80. The number of aldehydes is 1. The number of hydrogen-bond acceptors (Lipinski definition) is 5. The van der Waals surface area contributed by atoms with Crippen LogP contribution in [0.5, 0.6) is 11.5 Å². The van der Waals surface area contributed by atoms with Gasteiger partial charge in [-0.3, -0.25) is 4.79 Å². The van der Waals surface area contributed by atoms with Crippen molar-refractivity contribution in [1.29, 1.82) is 0 Å². The van der Waals surface area contributed by atoms with Crippen molar-refractivity contribution in [3.05, 3.63) is 29.8 Å². The van der Waals surface area contributed by atoms with E-state index < -0.39 is 0 Å². The Bertz CT molecular complexity index is 414. The summed E-state index contributed by atoms with van der Waals surface area (Å²) in [7, 11) is 3.02. The van der Waals surface area contributed by atoms with Crippen LogP contribution in [0.25, 0.3) is 6.08 Å². The Kier molecular flexibility index (Phi) is 5.90. The minimum absolute atomic E-state index is 0.0578. The van der Waals surface area contributed by atoms with E-state index in [1.54, 1.807) is 18.2 Å². The lowest BCUT2D eigenvalue weighted by atomic mass is 10.1. The van der Waals surface area contributed by atoms with Crippen LogP contribution in [0.3, 0.4) is 0 Å². The van der Waals surface area contributed by atoms with Crippen molar-refractivity contribution < 1.29 is 23.7 Å². The van der Waals surface area contributed by atoms with Crippen LogP contribution in [0.4, 0.5) is 0 Å². The number of carbonyl (C=O) groups is 1. The van der Waals surface area contributed by atoms with Gasteiger partial charge in [0.1, 0.15) is 6.29 Å². The summed E-state index contributed by atoms with van der Waals surface area (Å²) in [6.07, 6.45) is 2.31. The Morgan fingerprint density at radius 1 is 1.17 bits per heavy atom. The van der Waals surface area contributed by atoms with Gasteiger partial charge in [0.05, 0.1) is 0 Å². The summed E-state index contributed by atoms with van der Waals surface area (Å²) in [6, 6.07) is 3.23. The Hall–Kier alpha value is -1.85. The fourth-order valence-electron chi connectivity index (χ4n) is 1.37. The molecule has 0 bridgehead atoms. The molecule has 0 unspecified atom stereocenters. The van der Waals surface area contributed by atoms with Crippen molar-refractivity contribution in [2.24, 2.45) is 0 Å². The third-order valence-corrected chi connectivity index (χ3v) is 2.12. The monoisotopic (exact) mass is 252 g/mol. The predicted octanol–water partition coefficient (Wildman–Crippen LogP) is 2.11. The zero-order valence-electron chi connectivity index (χ0n) is 10.5. The molecule has 18 heavy (non-hydrogen) atoms. The first-order valence-corrected chi connectivity index (χ1v) is 5.26. The van der Waals surface area contributed by atoms with Crippen LogP contribution in [0.2, 0.25) is 0 Å². The van der Waals surface area contributed by atoms with E-state index in [1.807, 2.05) is 0 Å². The second kappa shape index (κ2) is 7.47. The van der Waals surface area contributed by atoms with Crippen molar-refractivity contribution >= 4 is 12.4 Å². The van der Waals surface area contributed by atoms with Crippen LogP contribution in [-0.4, -0.2) is 34.1 Å². The molecular formula is C13H16O5. The SMILES string of the molecule is C=Cc1cc(C=O)cc(OCOC)c1OCOC. The highest BCUT2D eigenvalue weighted by atomic mass is 16.7. The van der Waals surface area contributed by atoms with Crippen LogP contribution < -0.4 is 9.47 Å². The molecular weight excluding hydrogens is 236 g/mol. The molecule has 1 rings (SSSR count). The van der Waals surface area contributed by atoms with Crippen LogP contribution >= 0.6 is 0 Å². The fourth-order valence-corrected chi connectivity index (χ4v) is 1.37. The number of rotatable bonds is 8. The number of carbonyl (C=O) groups excluding carboxylic acids is 1. The van der Waals surface area contributed by atoms with Gasteiger partial charge in [-0.15, -0.1) is 0 Å². The molecule has 0 aliphatic heterocycles. The van der Waals surface area contributed by atoms with E-state index in [2.05, 4.69) is 6.58 Å². The second-order valence-corrected chi connectivity index (χ2v) is 3.36. The highest BCUT2D eigenvalue weighted by molar-refractivity contribution is 5.79. The highest BCUT2D eigenvalue weighted by Gasteiger charge is 2.12. The molecule has 0 atom stereocenters. The molecule has 5 nitrogen and oxygen atoms in total. The van der Waals surface area contributed by atoms with Gasteiger partial charge in [0.15, 0.2) is 25.1 Å². The van der Waals surface area contributed by atoms with Gasteiger partial charge in [-0.1, -0.05) is 12.7 Å². The third kappa shape index (κ3) is 3.58. The molecule has 0 fully saturated rings. The van der Waals surface area contributed by atoms with Crippen molar-refractivity contribution in [1.82, 2.24) is 0 Å². The number of benzene rings is 1. The lowest BCUT2D eigenvalue weighted by molar-refractivity contribution is 0.0321. The molecule has 0 spiro atoms. The van der Waals surface area contributed by atoms with Gasteiger partial charge in [-0.05, 0) is 12.1 Å². The van der Waals surface area contributed by atoms with Gasteiger partial charge in [0.2, 0.25) is 0 Å². The molecule has 0 amide bonds. The largest absolute Gasteiger partial charge is 0.464 e. The van der Waals surface area contributed by atoms with Gasteiger partial charge in [-0.25, -0.2) is 0 Å². The molecule has 0 radical (unpaired) electrons. The standard InChI is InChI=1S/C13H16O5/c1-4-11-5-10(7-14)6-12(17-8-15-2)13(11)18-9-16-3/h4-7H,1,8-9H2,2-3H3. The lowest BCUT2D eigenvalue weighted by Crippen LogP contribution is -2.06. The lowest BCUT2D eigenvalue weighted by Gasteiger charge is -2.14. The number of ether oxygens (including phenoxy) is 4. The minimum Gasteiger partial charge on any atom is -0.464 e. The Balaban J connectivity index is 3.13. The number of methoxy groups -OCH3 is 2. The maximum atomic E-state index is 10.8. The van der Waals surface area contributed by atoms with Crippen molar-refractivity contribution in [2.75, 3.05) is 27.8 Å². The molecule has 98 valence electrons. The summed E-state index contributed by atoms with van der Waals surface area (Å²) in [5.74, 6) is 0.878. The van der Waals surface area contributed by atoms with Gasteiger partial charge in [-0.2, -0.15) is 0 Å². The first kappa shape index (κ1) is 14.2.